The van der Waals surface area contributed by atoms with Gasteiger partial charge in [-0.3, -0.25) is 9.59 Å². The maximum Gasteiger partial charge on any atom is 0.309 e. The first-order valence-corrected chi connectivity index (χ1v) is 13.7. The second kappa shape index (κ2) is 11.4. The van der Waals surface area contributed by atoms with E-state index in [-0.39, 0.29) is 24.2 Å². The predicted octanol–water partition coefficient (Wildman–Crippen LogP) is 4.77. The van der Waals surface area contributed by atoms with Crippen LogP contribution in [0.2, 0.25) is 0 Å². The number of cyclic esters (lactones) is 1. The van der Waals surface area contributed by atoms with Crippen molar-refractivity contribution in [2.75, 3.05) is 0 Å². The summed E-state index contributed by atoms with van der Waals surface area (Å²) in [6, 6.07) is 0. The van der Waals surface area contributed by atoms with Crippen LogP contribution < -0.4 is 0 Å². The van der Waals surface area contributed by atoms with Crippen molar-refractivity contribution in [2.24, 2.45) is 17.3 Å². The molecule has 2 saturated heterocycles. The summed E-state index contributed by atoms with van der Waals surface area (Å²) in [5, 5.41) is 24.4. The Bertz CT molecular complexity index is 977. The summed E-state index contributed by atoms with van der Waals surface area (Å²) >= 11 is 1.39. The number of nitrogens with zero attached hydrogens (tertiary/aromatic N) is 1. The zero-order chi connectivity index (χ0) is 26.8. The molecule has 0 radical (unpaired) electrons. The van der Waals surface area contributed by atoms with Gasteiger partial charge in [-0.2, -0.15) is 0 Å². The lowest BCUT2D eigenvalue weighted by molar-refractivity contribution is -0.155. The molecule has 2 fully saturated rings. The fraction of sp³-hybridized carbons (Fsp3) is 0.741. The Morgan fingerprint density at radius 3 is 2.61 bits per heavy atom. The quantitative estimate of drug-likeness (QED) is 0.432. The number of ether oxygens (including phenoxy) is 2. The van der Waals surface area contributed by atoms with E-state index in [1.165, 1.54) is 17.4 Å². The molecule has 0 amide bonds. The summed E-state index contributed by atoms with van der Waals surface area (Å²) in [4.78, 5) is 30.5. The average molecular weight is 526 g/mol. The first-order valence-electron chi connectivity index (χ1n) is 12.9. The van der Waals surface area contributed by atoms with Crippen LogP contribution in [-0.4, -0.2) is 57.0 Å². The van der Waals surface area contributed by atoms with E-state index in [0.29, 0.717) is 25.0 Å². The van der Waals surface area contributed by atoms with Gasteiger partial charge in [0.2, 0.25) is 0 Å². The van der Waals surface area contributed by atoms with E-state index >= 15 is 4.39 Å². The van der Waals surface area contributed by atoms with Crippen molar-refractivity contribution in [2.45, 2.75) is 110 Å². The fourth-order valence-electron chi connectivity index (χ4n) is 5.09. The molecular formula is C27H40FNO6S. The lowest BCUT2D eigenvalue weighted by Crippen LogP contribution is -2.46. The summed E-state index contributed by atoms with van der Waals surface area (Å²) in [5.74, 6) is -2.53. The number of epoxide rings is 1. The van der Waals surface area contributed by atoms with Gasteiger partial charge in [-0.05, 0) is 45.1 Å². The molecule has 0 aliphatic carbocycles. The van der Waals surface area contributed by atoms with E-state index in [2.05, 4.69) is 4.98 Å². The molecule has 7 nitrogen and oxygen atoms in total. The first kappa shape index (κ1) is 28.9. The summed E-state index contributed by atoms with van der Waals surface area (Å²) in [6.07, 6.45) is -0.139. The van der Waals surface area contributed by atoms with Crippen molar-refractivity contribution in [1.29, 1.82) is 0 Å². The largest absolute Gasteiger partial charge is 0.455 e. The van der Waals surface area contributed by atoms with Crippen LogP contribution in [0, 0.1) is 24.2 Å². The Morgan fingerprint density at radius 2 is 2.00 bits per heavy atom. The molecule has 9 heteroatoms. The van der Waals surface area contributed by atoms with Gasteiger partial charge in [-0.25, -0.2) is 9.37 Å². The number of hydrogen-bond acceptors (Lipinski definition) is 8. The van der Waals surface area contributed by atoms with Crippen molar-refractivity contribution in [3.63, 3.8) is 0 Å². The van der Waals surface area contributed by atoms with Crippen LogP contribution in [0.25, 0.3) is 6.08 Å². The van der Waals surface area contributed by atoms with Gasteiger partial charge in [0.25, 0.3) is 0 Å². The SMILES string of the molecule is CC[C@H]1C(=O)C(C)(C)[C@@H](O)CC(=O)O[C@H](C(F)=Cc2csc(C)n2)CC2O[C@]2(C)CCC[C@H](C)[C@@H]1O. The normalized spacial score (nSPS) is 36.8. The third-order valence-corrected chi connectivity index (χ3v) is 8.69. The molecule has 2 aliphatic rings. The van der Waals surface area contributed by atoms with Gasteiger partial charge in [0.1, 0.15) is 11.6 Å². The zero-order valence-electron chi connectivity index (χ0n) is 22.1. The van der Waals surface area contributed by atoms with Crippen LogP contribution in [0.1, 0.15) is 83.8 Å². The Labute approximate surface area is 217 Å². The topological polar surface area (TPSA) is 109 Å². The fourth-order valence-corrected chi connectivity index (χ4v) is 5.66. The predicted molar refractivity (Wildman–Crippen MR) is 136 cm³/mol. The molecule has 3 heterocycles. The third kappa shape index (κ3) is 6.60. The minimum atomic E-state index is -1.35. The van der Waals surface area contributed by atoms with Gasteiger partial charge in [-0.15, -0.1) is 11.3 Å². The maximum absolute atomic E-state index is 15.3. The Hall–Kier alpha value is -1.68. The Balaban J connectivity index is 1.87. The first-order chi connectivity index (χ1) is 16.8. The second-order valence-corrected chi connectivity index (χ2v) is 12.2. The van der Waals surface area contributed by atoms with Gasteiger partial charge in [0.15, 0.2) is 6.10 Å². The van der Waals surface area contributed by atoms with Crippen LogP contribution in [0.5, 0.6) is 0 Å². The minimum Gasteiger partial charge on any atom is -0.455 e. The highest BCUT2D eigenvalue weighted by Crippen LogP contribution is 2.45. The molecule has 36 heavy (non-hydrogen) atoms. The van der Waals surface area contributed by atoms with E-state index < -0.39 is 53.5 Å². The third-order valence-electron chi connectivity index (χ3n) is 7.90. The number of hydrogen-bond donors (Lipinski definition) is 2. The summed E-state index contributed by atoms with van der Waals surface area (Å²) in [6.45, 7) is 10.7. The van der Waals surface area contributed by atoms with Gasteiger partial charge < -0.3 is 19.7 Å². The van der Waals surface area contributed by atoms with Crippen molar-refractivity contribution in [3.05, 3.63) is 21.9 Å². The van der Waals surface area contributed by atoms with E-state index in [9.17, 15) is 19.8 Å². The van der Waals surface area contributed by atoms with Crippen LogP contribution in [0.4, 0.5) is 4.39 Å². The summed E-state index contributed by atoms with van der Waals surface area (Å²) in [5.41, 5.74) is -1.31. The number of aliphatic hydroxyl groups is 2. The molecule has 0 aromatic carbocycles. The Morgan fingerprint density at radius 1 is 1.31 bits per heavy atom. The second-order valence-electron chi connectivity index (χ2n) is 11.1. The lowest BCUT2D eigenvalue weighted by atomic mass is 9.71. The van der Waals surface area contributed by atoms with E-state index in [1.54, 1.807) is 19.2 Å². The molecule has 0 spiro atoms. The summed E-state index contributed by atoms with van der Waals surface area (Å²) in [7, 11) is 0. The molecule has 3 rings (SSSR count). The minimum absolute atomic E-state index is 0.125. The molecular weight excluding hydrogens is 485 g/mol. The van der Waals surface area contributed by atoms with Crippen molar-refractivity contribution < 1.29 is 33.7 Å². The van der Waals surface area contributed by atoms with E-state index in [4.69, 9.17) is 9.47 Å². The van der Waals surface area contributed by atoms with Gasteiger partial charge >= 0.3 is 5.97 Å². The number of ketones is 1. The van der Waals surface area contributed by atoms with E-state index in [1.807, 2.05) is 27.7 Å². The molecule has 2 aliphatic heterocycles. The highest BCUT2D eigenvalue weighted by molar-refractivity contribution is 7.09. The van der Waals surface area contributed by atoms with Crippen LogP contribution >= 0.6 is 11.3 Å². The van der Waals surface area contributed by atoms with Gasteiger partial charge in [0.05, 0.1) is 46.5 Å². The summed E-state index contributed by atoms with van der Waals surface area (Å²) < 4.78 is 26.7. The number of carbonyl (C=O) groups is 2. The molecule has 0 saturated carbocycles. The zero-order valence-corrected chi connectivity index (χ0v) is 22.9. The monoisotopic (exact) mass is 525 g/mol. The standard InChI is InChI=1S/C27H40FNO6S/c1-7-18-24(32)15(2)9-8-10-27(6)22(35-27)12-20(19(28)11-17-14-36-16(3)29-17)34-23(31)13-21(30)26(4,5)25(18)33/h11,14-15,18,20-22,24,30,32H,7-10,12-13H2,1-6H3/t15-,18+,20-,21-,22?,24-,27+/m0/s1. The number of carbonyl (C=O) groups excluding carboxylic acids is 2. The smallest absolute Gasteiger partial charge is 0.309 e. The van der Waals surface area contributed by atoms with Crippen molar-refractivity contribution in [3.8, 4) is 0 Å². The number of aromatic nitrogens is 1. The number of fused-ring (bicyclic) bond motifs is 1. The van der Waals surface area contributed by atoms with Crippen LogP contribution in [0.15, 0.2) is 11.2 Å². The average Bonchev–Trinajstić information content (AvgIpc) is 3.24. The number of halogens is 1. The van der Waals surface area contributed by atoms with Gasteiger partial charge in [0, 0.05) is 17.7 Å². The van der Waals surface area contributed by atoms with Crippen molar-refractivity contribution in [1.82, 2.24) is 4.98 Å². The molecule has 1 aromatic heterocycles. The highest BCUT2D eigenvalue weighted by Gasteiger charge is 2.53. The number of rotatable bonds is 3. The lowest BCUT2D eigenvalue weighted by Gasteiger charge is -2.35. The van der Waals surface area contributed by atoms with Gasteiger partial charge in [-0.1, -0.05) is 34.1 Å². The van der Waals surface area contributed by atoms with Crippen LogP contribution in [-0.2, 0) is 19.1 Å². The molecule has 1 unspecified atom stereocenters. The number of aryl methyl sites for hydroxylation is 1. The van der Waals surface area contributed by atoms with Crippen molar-refractivity contribution >= 4 is 29.2 Å². The molecule has 0 bridgehead atoms. The Kier molecular flexibility index (Phi) is 9.13. The maximum atomic E-state index is 15.3. The molecule has 1 aromatic rings. The highest BCUT2D eigenvalue weighted by atomic mass is 32.1. The molecule has 202 valence electrons. The molecule has 7 atom stereocenters. The number of esters is 1. The van der Waals surface area contributed by atoms with E-state index in [0.717, 1.165) is 11.4 Å². The van der Waals surface area contributed by atoms with Crippen LogP contribution in [0.3, 0.4) is 0 Å². The molecule has 2 N–H and O–H groups in total. The number of thiazole rings is 1. The number of aliphatic hydroxyl groups excluding tert-OH is 2. The number of Topliss-reactive ketones (excluding diaryl/α,β-unsaturated/α-hetero) is 1.